The number of alkyl halides is 3. The van der Waals surface area contributed by atoms with E-state index in [1.54, 1.807) is 54.6 Å². The van der Waals surface area contributed by atoms with Gasteiger partial charge in [0.15, 0.2) is 0 Å². The molecule has 0 unspecified atom stereocenters. The first-order chi connectivity index (χ1) is 16.3. The Hall–Kier alpha value is -3.21. The summed E-state index contributed by atoms with van der Waals surface area (Å²) in [6.45, 7) is 1.63. The van der Waals surface area contributed by atoms with Gasteiger partial charge in [-0.1, -0.05) is 42.5 Å². The van der Waals surface area contributed by atoms with Crippen molar-refractivity contribution >= 4 is 0 Å². The zero-order valence-electron chi connectivity index (χ0n) is 18.5. The Morgan fingerprint density at radius 3 is 2.24 bits per heavy atom. The van der Waals surface area contributed by atoms with Gasteiger partial charge in [-0.25, -0.2) is 4.39 Å². The number of hydrogen-bond donors (Lipinski definition) is 1. The minimum absolute atomic E-state index is 0.136. The Bertz CT molecular complexity index is 1160. The third-order valence-corrected chi connectivity index (χ3v) is 6.40. The van der Waals surface area contributed by atoms with Gasteiger partial charge in [0.2, 0.25) is 0 Å². The third kappa shape index (κ3) is 5.14. The van der Waals surface area contributed by atoms with Gasteiger partial charge in [-0.2, -0.15) is 18.4 Å². The van der Waals surface area contributed by atoms with Crippen LogP contribution in [0.3, 0.4) is 0 Å². The van der Waals surface area contributed by atoms with E-state index < -0.39 is 17.3 Å². The Morgan fingerprint density at radius 1 is 0.941 bits per heavy atom. The van der Waals surface area contributed by atoms with Gasteiger partial charge >= 0.3 is 6.18 Å². The molecule has 1 aliphatic rings. The lowest BCUT2D eigenvalue weighted by molar-refractivity contribution is -0.137. The first-order valence-electron chi connectivity index (χ1n) is 11.1. The first kappa shape index (κ1) is 23.9. The summed E-state index contributed by atoms with van der Waals surface area (Å²) in [7, 11) is 0. The molecule has 1 N–H and O–H groups in total. The summed E-state index contributed by atoms with van der Waals surface area (Å²) < 4.78 is 60.9. The summed E-state index contributed by atoms with van der Waals surface area (Å²) in [6.07, 6.45) is -3.17. The second-order valence-electron chi connectivity index (χ2n) is 8.56. The lowest BCUT2D eigenvalue weighted by Crippen LogP contribution is -2.43. The summed E-state index contributed by atoms with van der Waals surface area (Å²) in [5.74, 6) is -0.329. The maximum Gasteiger partial charge on any atom is 0.417 e. The molecule has 0 radical (unpaired) electrons. The fourth-order valence-electron chi connectivity index (χ4n) is 4.55. The Labute approximate surface area is 196 Å². The van der Waals surface area contributed by atoms with Gasteiger partial charge in [0.05, 0.1) is 24.3 Å². The summed E-state index contributed by atoms with van der Waals surface area (Å²) in [6, 6.07) is 19.4. The molecule has 4 rings (SSSR count). The molecule has 0 amide bonds. The highest BCUT2D eigenvalue weighted by Gasteiger charge is 2.36. The fourth-order valence-corrected chi connectivity index (χ4v) is 4.55. The van der Waals surface area contributed by atoms with E-state index >= 15 is 0 Å². The van der Waals surface area contributed by atoms with Gasteiger partial charge < -0.3 is 10.1 Å². The molecule has 0 bridgehead atoms. The van der Waals surface area contributed by atoms with Gasteiger partial charge in [-0.3, -0.25) is 0 Å². The number of hydrogen-bond acceptors (Lipinski definition) is 3. The van der Waals surface area contributed by atoms with Crippen LogP contribution in [0.5, 0.6) is 0 Å². The van der Waals surface area contributed by atoms with Crippen LogP contribution in [-0.4, -0.2) is 19.7 Å². The van der Waals surface area contributed by atoms with Crippen molar-refractivity contribution in [3.63, 3.8) is 0 Å². The topological polar surface area (TPSA) is 45.0 Å². The summed E-state index contributed by atoms with van der Waals surface area (Å²) in [4.78, 5) is 0. The quantitative estimate of drug-likeness (QED) is 0.437. The number of halogens is 4. The van der Waals surface area contributed by atoms with Crippen molar-refractivity contribution < 1.29 is 22.3 Å². The minimum Gasteiger partial charge on any atom is -0.376 e. The van der Waals surface area contributed by atoms with Crippen molar-refractivity contribution in [2.75, 3.05) is 19.7 Å². The molecule has 0 aromatic heterocycles. The standard InChI is InChI=1S/C27H24F4N2O/c28-23-8-6-22(7-9-23)26(10-12-33-13-11-26)18-34-17-21-14-20(19-4-2-1-3-5-19)15-25(24(21)16-32)27(29,30)31/h1-9,14-15,33H,10-13,17-18H2. The van der Waals surface area contributed by atoms with Crippen LogP contribution in [-0.2, 0) is 22.9 Å². The molecule has 1 saturated heterocycles. The van der Waals surface area contributed by atoms with E-state index in [-0.39, 0.29) is 30.0 Å². The monoisotopic (exact) mass is 468 g/mol. The lowest BCUT2D eigenvalue weighted by Gasteiger charge is -2.38. The van der Waals surface area contributed by atoms with E-state index in [0.717, 1.165) is 37.6 Å². The number of piperidine rings is 1. The largest absolute Gasteiger partial charge is 0.417 e. The van der Waals surface area contributed by atoms with Gasteiger partial charge in [-0.15, -0.1) is 0 Å². The van der Waals surface area contributed by atoms with Gasteiger partial charge in [0, 0.05) is 5.41 Å². The fraction of sp³-hybridized carbons (Fsp3) is 0.296. The van der Waals surface area contributed by atoms with Crippen LogP contribution in [0.4, 0.5) is 17.6 Å². The van der Waals surface area contributed by atoms with Crippen molar-refractivity contribution in [2.24, 2.45) is 0 Å². The Balaban J connectivity index is 1.65. The molecule has 0 aliphatic carbocycles. The summed E-state index contributed by atoms with van der Waals surface area (Å²) in [5, 5.41) is 12.9. The molecule has 0 saturated carbocycles. The highest BCUT2D eigenvalue weighted by Crippen LogP contribution is 2.38. The number of nitrogens with one attached hydrogen (secondary N) is 1. The molecule has 1 fully saturated rings. The lowest BCUT2D eigenvalue weighted by atomic mass is 9.74. The molecule has 1 aliphatic heterocycles. The van der Waals surface area contributed by atoms with Gasteiger partial charge in [0.25, 0.3) is 0 Å². The predicted molar refractivity (Wildman–Crippen MR) is 121 cm³/mol. The van der Waals surface area contributed by atoms with E-state index in [2.05, 4.69) is 5.32 Å². The van der Waals surface area contributed by atoms with E-state index in [9.17, 15) is 22.8 Å². The molecular formula is C27H24F4N2O. The SMILES string of the molecule is N#Cc1c(COCC2(c3ccc(F)cc3)CCNCC2)cc(-c2ccccc2)cc1C(F)(F)F. The van der Waals surface area contributed by atoms with Crippen molar-refractivity contribution in [2.45, 2.75) is 31.0 Å². The van der Waals surface area contributed by atoms with Crippen LogP contribution < -0.4 is 5.32 Å². The van der Waals surface area contributed by atoms with E-state index in [0.29, 0.717) is 11.1 Å². The number of nitrogens with zero attached hydrogens (tertiary/aromatic N) is 1. The normalized spacial score (nSPS) is 15.6. The molecule has 176 valence electrons. The smallest absolute Gasteiger partial charge is 0.376 e. The minimum atomic E-state index is -4.67. The third-order valence-electron chi connectivity index (χ3n) is 6.40. The zero-order valence-corrected chi connectivity index (χ0v) is 18.5. The second-order valence-corrected chi connectivity index (χ2v) is 8.56. The number of ether oxygens (including phenoxy) is 1. The molecule has 3 aromatic carbocycles. The van der Waals surface area contributed by atoms with Crippen LogP contribution in [0.15, 0.2) is 66.7 Å². The first-order valence-corrected chi connectivity index (χ1v) is 11.1. The molecular weight excluding hydrogens is 444 g/mol. The van der Waals surface area contributed by atoms with Crippen molar-refractivity contribution in [1.82, 2.24) is 5.32 Å². The van der Waals surface area contributed by atoms with Gasteiger partial charge in [-0.05, 0) is 72.5 Å². The van der Waals surface area contributed by atoms with E-state index in [4.69, 9.17) is 4.74 Å². The molecule has 3 nitrogen and oxygen atoms in total. The summed E-state index contributed by atoms with van der Waals surface area (Å²) >= 11 is 0. The zero-order chi connectivity index (χ0) is 24.2. The molecule has 0 atom stereocenters. The van der Waals surface area contributed by atoms with Crippen molar-refractivity contribution in [3.05, 3.63) is 94.8 Å². The second kappa shape index (κ2) is 9.96. The molecule has 7 heteroatoms. The van der Waals surface area contributed by atoms with E-state index in [1.807, 2.05) is 0 Å². The van der Waals surface area contributed by atoms with Crippen molar-refractivity contribution in [3.8, 4) is 17.2 Å². The van der Waals surface area contributed by atoms with Crippen molar-refractivity contribution in [1.29, 1.82) is 5.26 Å². The Morgan fingerprint density at radius 2 is 1.62 bits per heavy atom. The number of benzene rings is 3. The number of nitriles is 1. The molecule has 1 heterocycles. The van der Waals surface area contributed by atoms with Crippen LogP contribution in [0, 0.1) is 17.1 Å². The molecule has 34 heavy (non-hydrogen) atoms. The average molecular weight is 468 g/mol. The molecule has 0 spiro atoms. The Kier molecular flexibility index (Phi) is 7.01. The van der Waals surface area contributed by atoms with Crippen LogP contribution >= 0.6 is 0 Å². The number of rotatable bonds is 6. The molecule has 3 aromatic rings. The average Bonchev–Trinajstić information content (AvgIpc) is 2.84. The predicted octanol–water partition coefficient (Wildman–Crippen LogP) is 6.22. The van der Waals surface area contributed by atoms with Crippen LogP contribution in [0.1, 0.15) is 35.1 Å². The van der Waals surface area contributed by atoms with Crippen LogP contribution in [0.2, 0.25) is 0 Å². The summed E-state index contributed by atoms with van der Waals surface area (Å²) in [5.41, 5.74) is 0.360. The highest BCUT2D eigenvalue weighted by molar-refractivity contribution is 5.68. The van der Waals surface area contributed by atoms with Gasteiger partial charge in [0.1, 0.15) is 11.9 Å². The highest BCUT2D eigenvalue weighted by atomic mass is 19.4. The maximum absolute atomic E-state index is 13.8. The maximum atomic E-state index is 13.8. The van der Waals surface area contributed by atoms with E-state index in [1.165, 1.54) is 12.1 Å². The van der Waals surface area contributed by atoms with Crippen LogP contribution in [0.25, 0.3) is 11.1 Å².